The first-order valence-electron chi connectivity index (χ1n) is 11.5. The standard InChI is InChI=1S/C28H26ClN3O3S/c1-17(2)30-26(34)21-10-13-23-24(14-21)31-28(36-16-25(33)20-8-11-22(29)12-9-20)32(27(23)35)15-19-6-4-18(3)5-7-19/h4-14,17H,15-16H2,1-3H3,(H,30,34). The molecule has 0 atom stereocenters. The molecule has 4 rings (SSSR count). The van der Waals surface area contributed by atoms with Crippen LogP contribution in [0.25, 0.3) is 10.9 Å². The van der Waals surface area contributed by atoms with Gasteiger partial charge in [-0.3, -0.25) is 19.0 Å². The largest absolute Gasteiger partial charge is 0.350 e. The van der Waals surface area contributed by atoms with Crippen molar-refractivity contribution in [1.29, 1.82) is 0 Å². The Balaban J connectivity index is 1.73. The number of nitrogens with one attached hydrogen (secondary N) is 1. The SMILES string of the molecule is Cc1ccc(Cn2c(SCC(=O)c3ccc(Cl)cc3)nc3cc(C(=O)NC(C)C)ccc3c2=O)cc1. The number of Topliss-reactive ketones (excluding diaryl/α,β-unsaturated/α-hetero) is 1. The summed E-state index contributed by atoms with van der Waals surface area (Å²) < 4.78 is 1.58. The number of fused-ring (bicyclic) bond motifs is 1. The molecular weight excluding hydrogens is 494 g/mol. The summed E-state index contributed by atoms with van der Waals surface area (Å²) in [5, 5.41) is 4.24. The molecule has 0 saturated heterocycles. The summed E-state index contributed by atoms with van der Waals surface area (Å²) in [5.41, 5.74) is 3.22. The first-order valence-corrected chi connectivity index (χ1v) is 12.9. The molecule has 0 aliphatic carbocycles. The summed E-state index contributed by atoms with van der Waals surface area (Å²) in [5.74, 6) is -0.233. The van der Waals surface area contributed by atoms with Crippen molar-refractivity contribution in [3.8, 4) is 0 Å². The minimum atomic E-state index is -0.232. The first kappa shape index (κ1) is 25.7. The van der Waals surface area contributed by atoms with Crippen LogP contribution in [0, 0.1) is 6.92 Å². The van der Waals surface area contributed by atoms with Gasteiger partial charge < -0.3 is 5.32 Å². The number of thioether (sulfide) groups is 1. The maximum Gasteiger partial charge on any atom is 0.262 e. The number of ketones is 1. The molecule has 0 radical (unpaired) electrons. The zero-order chi connectivity index (χ0) is 25.8. The second-order valence-corrected chi connectivity index (χ2v) is 10.2. The van der Waals surface area contributed by atoms with Crippen LogP contribution in [-0.2, 0) is 6.54 Å². The molecule has 184 valence electrons. The average Bonchev–Trinajstić information content (AvgIpc) is 2.85. The minimum Gasteiger partial charge on any atom is -0.350 e. The number of nitrogens with zero attached hydrogens (tertiary/aromatic N) is 2. The van der Waals surface area contributed by atoms with Crippen LogP contribution in [0.1, 0.15) is 45.7 Å². The molecule has 1 aromatic heterocycles. The lowest BCUT2D eigenvalue weighted by atomic mass is 10.1. The van der Waals surface area contributed by atoms with Crippen LogP contribution in [0.5, 0.6) is 0 Å². The Morgan fingerprint density at radius 1 is 1.00 bits per heavy atom. The lowest BCUT2D eigenvalue weighted by molar-refractivity contribution is 0.0942. The van der Waals surface area contributed by atoms with Crippen molar-refractivity contribution in [3.05, 3.63) is 104 Å². The molecule has 36 heavy (non-hydrogen) atoms. The molecule has 1 amide bonds. The van der Waals surface area contributed by atoms with Crippen LogP contribution >= 0.6 is 23.4 Å². The molecule has 6 nitrogen and oxygen atoms in total. The van der Waals surface area contributed by atoms with Crippen molar-refractivity contribution in [2.45, 2.75) is 38.5 Å². The van der Waals surface area contributed by atoms with Gasteiger partial charge in [0.15, 0.2) is 10.9 Å². The number of aryl methyl sites for hydroxylation is 1. The summed E-state index contributed by atoms with van der Waals surface area (Å²) in [6, 6.07) is 19.5. The third kappa shape index (κ3) is 6.04. The maximum absolute atomic E-state index is 13.5. The van der Waals surface area contributed by atoms with Gasteiger partial charge in [-0.2, -0.15) is 0 Å². The Morgan fingerprint density at radius 2 is 1.67 bits per heavy atom. The highest BCUT2D eigenvalue weighted by Gasteiger charge is 2.17. The van der Waals surface area contributed by atoms with Gasteiger partial charge in [-0.05, 0) is 68.8 Å². The lowest BCUT2D eigenvalue weighted by Gasteiger charge is -2.14. The average molecular weight is 520 g/mol. The zero-order valence-electron chi connectivity index (χ0n) is 20.2. The predicted octanol–water partition coefficient (Wildman–Crippen LogP) is 5.52. The third-order valence-corrected chi connectivity index (χ3v) is 6.79. The number of amides is 1. The van der Waals surface area contributed by atoms with E-state index in [-0.39, 0.29) is 29.0 Å². The maximum atomic E-state index is 13.5. The van der Waals surface area contributed by atoms with E-state index in [1.165, 1.54) is 11.8 Å². The number of carbonyl (C=O) groups is 2. The normalized spacial score (nSPS) is 11.1. The van der Waals surface area contributed by atoms with Crippen LogP contribution in [0.4, 0.5) is 0 Å². The number of rotatable bonds is 8. The van der Waals surface area contributed by atoms with Gasteiger partial charge in [0.1, 0.15) is 0 Å². The highest BCUT2D eigenvalue weighted by Crippen LogP contribution is 2.22. The van der Waals surface area contributed by atoms with E-state index in [0.717, 1.165) is 11.1 Å². The van der Waals surface area contributed by atoms with Crippen molar-refractivity contribution in [2.24, 2.45) is 0 Å². The number of carbonyl (C=O) groups excluding carboxylic acids is 2. The lowest BCUT2D eigenvalue weighted by Crippen LogP contribution is -2.30. The van der Waals surface area contributed by atoms with Crippen LogP contribution < -0.4 is 10.9 Å². The molecule has 0 fully saturated rings. The fourth-order valence-electron chi connectivity index (χ4n) is 3.66. The highest BCUT2D eigenvalue weighted by atomic mass is 35.5. The fourth-order valence-corrected chi connectivity index (χ4v) is 4.68. The van der Waals surface area contributed by atoms with Gasteiger partial charge in [-0.15, -0.1) is 0 Å². The third-order valence-electron chi connectivity index (χ3n) is 5.56. The van der Waals surface area contributed by atoms with E-state index in [1.807, 2.05) is 45.0 Å². The molecule has 0 saturated carbocycles. The number of hydrogen-bond acceptors (Lipinski definition) is 5. The van der Waals surface area contributed by atoms with E-state index in [2.05, 4.69) is 5.32 Å². The molecule has 0 bridgehead atoms. The van der Waals surface area contributed by atoms with Gasteiger partial charge in [0.2, 0.25) is 0 Å². The summed E-state index contributed by atoms with van der Waals surface area (Å²) >= 11 is 7.14. The van der Waals surface area contributed by atoms with Gasteiger partial charge in [0, 0.05) is 22.2 Å². The smallest absolute Gasteiger partial charge is 0.262 e. The second-order valence-electron chi connectivity index (χ2n) is 8.85. The fraction of sp³-hybridized carbons (Fsp3) is 0.214. The molecule has 8 heteroatoms. The Morgan fingerprint density at radius 3 is 2.33 bits per heavy atom. The predicted molar refractivity (Wildman–Crippen MR) is 145 cm³/mol. The van der Waals surface area contributed by atoms with E-state index in [9.17, 15) is 14.4 Å². The Hall–Kier alpha value is -3.42. The summed E-state index contributed by atoms with van der Waals surface area (Å²) in [7, 11) is 0. The van der Waals surface area contributed by atoms with Crippen molar-refractivity contribution in [1.82, 2.24) is 14.9 Å². The van der Waals surface area contributed by atoms with E-state index in [4.69, 9.17) is 16.6 Å². The van der Waals surface area contributed by atoms with Gasteiger partial charge >= 0.3 is 0 Å². The van der Waals surface area contributed by atoms with Crippen LogP contribution in [0.2, 0.25) is 5.02 Å². The van der Waals surface area contributed by atoms with Gasteiger partial charge in [0.05, 0.1) is 23.2 Å². The Labute approximate surface area is 218 Å². The van der Waals surface area contributed by atoms with Gasteiger partial charge in [0.25, 0.3) is 11.5 Å². The van der Waals surface area contributed by atoms with Crippen molar-refractivity contribution >= 4 is 46.0 Å². The first-order chi connectivity index (χ1) is 17.2. The van der Waals surface area contributed by atoms with Gasteiger partial charge in [-0.1, -0.05) is 53.2 Å². The molecule has 0 spiro atoms. The van der Waals surface area contributed by atoms with Crippen LogP contribution in [-0.4, -0.2) is 33.0 Å². The second kappa shape index (κ2) is 11.1. The van der Waals surface area contributed by atoms with Crippen LogP contribution in [0.3, 0.4) is 0 Å². The summed E-state index contributed by atoms with van der Waals surface area (Å²) in [6.07, 6.45) is 0. The molecule has 0 aliphatic rings. The van der Waals surface area contributed by atoms with E-state index >= 15 is 0 Å². The molecule has 3 aromatic carbocycles. The van der Waals surface area contributed by atoms with Crippen molar-refractivity contribution < 1.29 is 9.59 Å². The number of halogens is 1. The van der Waals surface area contributed by atoms with Crippen molar-refractivity contribution in [2.75, 3.05) is 5.75 Å². The molecule has 0 unspecified atom stereocenters. The number of aromatic nitrogens is 2. The van der Waals surface area contributed by atoms with E-state index in [0.29, 0.717) is 38.8 Å². The summed E-state index contributed by atoms with van der Waals surface area (Å²) in [4.78, 5) is 43.6. The molecule has 1 N–H and O–H groups in total. The summed E-state index contributed by atoms with van der Waals surface area (Å²) in [6.45, 7) is 6.08. The molecule has 1 heterocycles. The van der Waals surface area contributed by atoms with Crippen LogP contribution in [0.15, 0.2) is 76.7 Å². The minimum absolute atomic E-state index is 0.0198. The molecular formula is C28H26ClN3O3S. The zero-order valence-corrected chi connectivity index (χ0v) is 21.8. The number of benzene rings is 3. The van der Waals surface area contributed by atoms with Crippen molar-refractivity contribution in [3.63, 3.8) is 0 Å². The molecule has 4 aromatic rings. The highest BCUT2D eigenvalue weighted by molar-refractivity contribution is 7.99. The molecule has 0 aliphatic heterocycles. The Kier molecular flexibility index (Phi) is 7.91. The monoisotopic (exact) mass is 519 g/mol. The van der Waals surface area contributed by atoms with Gasteiger partial charge in [-0.25, -0.2) is 4.98 Å². The Bertz CT molecular complexity index is 1480. The number of hydrogen-bond donors (Lipinski definition) is 1. The van der Waals surface area contributed by atoms with E-state index in [1.54, 1.807) is 47.0 Å². The topological polar surface area (TPSA) is 81.1 Å². The van der Waals surface area contributed by atoms with E-state index < -0.39 is 0 Å². The quantitative estimate of drug-likeness (QED) is 0.188.